The fourth-order valence-corrected chi connectivity index (χ4v) is 5.65. The van der Waals surface area contributed by atoms with Gasteiger partial charge in [0.2, 0.25) is 0 Å². The van der Waals surface area contributed by atoms with Gasteiger partial charge in [-0.25, -0.2) is 0 Å². The van der Waals surface area contributed by atoms with Crippen LogP contribution in [0.3, 0.4) is 0 Å². The number of nitro groups is 1. The molecule has 4 aromatic rings. The summed E-state index contributed by atoms with van der Waals surface area (Å²) in [6.45, 7) is 0. The second kappa shape index (κ2) is 6.44. The lowest BCUT2D eigenvalue weighted by Crippen LogP contribution is -1.95. The molecule has 0 spiro atoms. The Labute approximate surface area is 164 Å². The van der Waals surface area contributed by atoms with E-state index in [-0.39, 0.29) is 10.6 Å². The summed E-state index contributed by atoms with van der Waals surface area (Å²) in [4.78, 5) is 16.2. The molecule has 27 heavy (non-hydrogen) atoms. The van der Waals surface area contributed by atoms with E-state index in [0.717, 1.165) is 21.2 Å². The standard InChI is InChI=1S/C22H13NO2S2/c24-23(25)17-11-9-14-5-1-2-6-16(14)22(17)15-10-12-20-21(13-15)27-19-8-4-3-7-18(19)26-20/h1-13H. The van der Waals surface area contributed by atoms with Crippen LogP contribution in [0.2, 0.25) is 0 Å². The molecule has 0 aliphatic carbocycles. The first-order chi connectivity index (χ1) is 13.2. The number of benzene rings is 4. The highest BCUT2D eigenvalue weighted by Gasteiger charge is 2.22. The summed E-state index contributed by atoms with van der Waals surface area (Å²) in [5, 5.41) is 13.6. The Bertz CT molecular complexity index is 1220. The van der Waals surface area contributed by atoms with Gasteiger partial charge in [0.1, 0.15) is 0 Å². The first kappa shape index (κ1) is 16.4. The minimum absolute atomic E-state index is 0.141. The van der Waals surface area contributed by atoms with E-state index < -0.39 is 0 Å². The number of fused-ring (bicyclic) bond motifs is 3. The minimum atomic E-state index is -0.293. The van der Waals surface area contributed by atoms with Crippen LogP contribution in [0.1, 0.15) is 0 Å². The van der Waals surface area contributed by atoms with Crippen molar-refractivity contribution in [2.75, 3.05) is 0 Å². The molecule has 0 atom stereocenters. The maximum atomic E-state index is 11.7. The van der Waals surface area contributed by atoms with E-state index in [1.165, 1.54) is 14.7 Å². The van der Waals surface area contributed by atoms with Crippen LogP contribution in [0.25, 0.3) is 21.9 Å². The molecule has 130 valence electrons. The zero-order valence-electron chi connectivity index (χ0n) is 14.1. The third-order valence-electron chi connectivity index (χ3n) is 4.63. The Morgan fingerprint density at radius 2 is 1.37 bits per heavy atom. The van der Waals surface area contributed by atoms with E-state index in [9.17, 15) is 10.1 Å². The van der Waals surface area contributed by atoms with Crippen molar-refractivity contribution in [1.82, 2.24) is 0 Å². The molecule has 4 aromatic carbocycles. The van der Waals surface area contributed by atoms with Gasteiger partial charge in [0.25, 0.3) is 5.69 Å². The maximum Gasteiger partial charge on any atom is 0.277 e. The first-order valence-corrected chi connectivity index (χ1v) is 10.1. The molecule has 0 radical (unpaired) electrons. The fourth-order valence-electron chi connectivity index (χ4n) is 3.40. The minimum Gasteiger partial charge on any atom is -0.258 e. The van der Waals surface area contributed by atoms with Gasteiger partial charge in [-0.1, -0.05) is 66.0 Å². The monoisotopic (exact) mass is 387 g/mol. The Hall–Kier alpha value is -2.76. The van der Waals surface area contributed by atoms with Crippen molar-refractivity contribution >= 4 is 40.0 Å². The fraction of sp³-hybridized carbons (Fsp3) is 0. The second-order valence-electron chi connectivity index (χ2n) is 6.25. The first-order valence-electron chi connectivity index (χ1n) is 8.46. The number of hydrogen-bond donors (Lipinski definition) is 0. The molecule has 0 bridgehead atoms. The summed E-state index contributed by atoms with van der Waals surface area (Å²) in [7, 11) is 0. The van der Waals surface area contributed by atoms with Crippen LogP contribution in [-0.2, 0) is 0 Å². The van der Waals surface area contributed by atoms with E-state index in [1.807, 2.05) is 48.5 Å². The molecule has 0 N–H and O–H groups in total. The third kappa shape index (κ3) is 2.80. The van der Waals surface area contributed by atoms with Gasteiger partial charge < -0.3 is 0 Å². The molecule has 0 amide bonds. The molecule has 1 aliphatic heterocycles. The average Bonchev–Trinajstić information content (AvgIpc) is 2.70. The van der Waals surface area contributed by atoms with Gasteiger partial charge in [0, 0.05) is 25.6 Å². The Morgan fingerprint density at radius 3 is 2.15 bits per heavy atom. The number of nitro benzene ring substituents is 1. The van der Waals surface area contributed by atoms with Crippen molar-refractivity contribution < 1.29 is 4.92 Å². The highest BCUT2D eigenvalue weighted by molar-refractivity contribution is 8.05. The molecule has 0 aromatic heterocycles. The van der Waals surface area contributed by atoms with Gasteiger partial charge in [-0.2, -0.15) is 0 Å². The summed E-state index contributed by atoms with van der Waals surface area (Å²) < 4.78 is 0. The maximum absolute atomic E-state index is 11.7. The van der Waals surface area contributed by atoms with Crippen molar-refractivity contribution in [2.24, 2.45) is 0 Å². The molecular weight excluding hydrogens is 374 g/mol. The van der Waals surface area contributed by atoms with Crippen LogP contribution in [0.5, 0.6) is 0 Å². The van der Waals surface area contributed by atoms with Crippen LogP contribution in [0, 0.1) is 10.1 Å². The smallest absolute Gasteiger partial charge is 0.258 e. The molecule has 0 saturated heterocycles. The van der Waals surface area contributed by atoms with Crippen molar-refractivity contribution in [3.63, 3.8) is 0 Å². The van der Waals surface area contributed by atoms with Gasteiger partial charge >= 0.3 is 0 Å². The lowest BCUT2D eigenvalue weighted by molar-refractivity contribution is -0.384. The van der Waals surface area contributed by atoms with E-state index in [4.69, 9.17) is 0 Å². The highest BCUT2D eigenvalue weighted by Crippen LogP contribution is 2.50. The molecular formula is C22H13NO2S2. The van der Waals surface area contributed by atoms with Crippen LogP contribution in [-0.4, -0.2) is 4.92 Å². The average molecular weight is 387 g/mol. The van der Waals surface area contributed by atoms with E-state index in [0.29, 0.717) is 5.56 Å². The van der Waals surface area contributed by atoms with E-state index in [2.05, 4.69) is 24.3 Å². The summed E-state index contributed by atoms with van der Waals surface area (Å²) >= 11 is 3.47. The molecule has 1 aliphatic rings. The highest BCUT2D eigenvalue weighted by atomic mass is 32.2. The predicted octanol–water partition coefficient (Wildman–Crippen LogP) is 7.03. The zero-order chi connectivity index (χ0) is 18.4. The number of hydrogen-bond acceptors (Lipinski definition) is 4. The number of rotatable bonds is 2. The summed E-state index contributed by atoms with van der Waals surface area (Å²) in [6, 6.07) is 25.7. The van der Waals surface area contributed by atoms with Crippen molar-refractivity contribution in [1.29, 1.82) is 0 Å². The largest absolute Gasteiger partial charge is 0.277 e. The quantitative estimate of drug-likeness (QED) is 0.241. The van der Waals surface area contributed by atoms with Crippen molar-refractivity contribution in [3.05, 3.63) is 89.0 Å². The van der Waals surface area contributed by atoms with E-state index in [1.54, 1.807) is 29.6 Å². The van der Waals surface area contributed by atoms with Crippen LogP contribution < -0.4 is 0 Å². The van der Waals surface area contributed by atoms with Gasteiger partial charge in [0.05, 0.1) is 10.5 Å². The predicted molar refractivity (Wildman–Crippen MR) is 111 cm³/mol. The second-order valence-corrected chi connectivity index (χ2v) is 8.42. The lowest BCUT2D eigenvalue weighted by atomic mass is 9.96. The molecule has 1 heterocycles. The van der Waals surface area contributed by atoms with Gasteiger partial charge in [0.15, 0.2) is 0 Å². The molecule has 0 fully saturated rings. The van der Waals surface area contributed by atoms with Crippen LogP contribution in [0.15, 0.2) is 98.4 Å². The van der Waals surface area contributed by atoms with Gasteiger partial charge in [-0.15, -0.1) is 0 Å². The van der Waals surface area contributed by atoms with Gasteiger partial charge in [-0.3, -0.25) is 10.1 Å². The molecule has 0 saturated carbocycles. The topological polar surface area (TPSA) is 43.1 Å². The molecule has 5 rings (SSSR count). The Morgan fingerprint density at radius 1 is 0.704 bits per heavy atom. The zero-order valence-corrected chi connectivity index (χ0v) is 15.7. The van der Waals surface area contributed by atoms with E-state index >= 15 is 0 Å². The van der Waals surface area contributed by atoms with Crippen molar-refractivity contribution in [3.8, 4) is 11.1 Å². The van der Waals surface area contributed by atoms with Crippen LogP contribution >= 0.6 is 23.5 Å². The molecule has 5 heteroatoms. The lowest BCUT2D eigenvalue weighted by Gasteiger charge is -2.19. The molecule has 3 nitrogen and oxygen atoms in total. The number of nitrogens with zero attached hydrogens (tertiary/aromatic N) is 1. The van der Waals surface area contributed by atoms with Crippen molar-refractivity contribution in [2.45, 2.75) is 19.6 Å². The SMILES string of the molecule is O=[N+]([O-])c1ccc2ccccc2c1-c1ccc2c(c1)Sc1ccccc1S2. The Kier molecular flexibility index (Phi) is 3.92. The van der Waals surface area contributed by atoms with Crippen LogP contribution in [0.4, 0.5) is 5.69 Å². The summed E-state index contributed by atoms with van der Waals surface area (Å²) in [6.07, 6.45) is 0. The van der Waals surface area contributed by atoms with Gasteiger partial charge in [-0.05, 0) is 46.7 Å². The Balaban J connectivity index is 1.71. The normalized spacial score (nSPS) is 12.4. The molecule has 0 unspecified atom stereocenters. The summed E-state index contributed by atoms with van der Waals surface area (Å²) in [5.74, 6) is 0. The third-order valence-corrected chi connectivity index (χ3v) is 7.17. The summed E-state index contributed by atoms with van der Waals surface area (Å²) in [5.41, 5.74) is 1.71.